The van der Waals surface area contributed by atoms with E-state index in [9.17, 15) is 14.3 Å². The summed E-state index contributed by atoms with van der Waals surface area (Å²) < 4.78 is 13.6. The fraction of sp³-hybridized carbons (Fsp3) is 0. The quantitative estimate of drug-likeness (QED) is 0.677. The van der Waals surface area contributed by atoms with Crippen LogP contribution in [0.3, 0.4) is 0 Å². The standard InChI is InChI=1S/C15H10ClFO2/c16-13-7-3-2-6-11(13)12(15(18)19)9-10-5-1-4-8-14(10)17/h1-9H,(H,18,19)/b12-9+. The van der Waals surface area contributed by atoms with Crippen LogP contribution in [0.4, 0.5) is 4.39 Å². The molecule has 0 heterocycles. The Morgan fingerprint density at radius 1 is 1.11 bits per heavy atom. The Bertz CT molecular complexity index is 650. The van der Waals surface area contributed by atoms with Gasteiger partial charge in [-0.3, -0.25) is 0 Å². The first kappa shape index (κ1) is 13.3. The predicted octanol–water partition coefficient (Wildman–Crippen LogP) is 4.10. The average Bonchev–Trinajstić information content (AvgIpc) is 2.38. The molecule has 0 saturated heterocycles. The molecule has 96 valence electrons. The Balaban J connectivity index is 2.57. The SMILES string of the molecule is O=C(O)/C(=C/c1ccccc1F)c1ccccc1Cl. The van der Waals surface area contributed by atoms with Crippen LogP contribution in [0.25, 0.3) is 11.6 Å². The Labute approximate surface area is 114 Å². The lowest BCUT2D eigenvalue weighted by Crippen LogP contribution is -2.00. The molecule has 2 aromatic rings. The molecule has 0 atom stereocenters. The molecule has 0 aliphatic rings. The number of carbonyl (C=O) groups is 1. The van der Waals surface area contributed by atoms with Gasteiger partial charge >= 0.3 is 5.97 Å². The van der Waals surface area contributed by atoms with E-state index in [1.165, 1.54) is 18.2 Å². The van der Waals surface area contributed by atoms with Crippen molar-refractivity contribution in [3.63, 3.8) is 0 Å². The molecule has 0 radical (unpaired) electrons. The second-order valence-electron chi connectivity index (χ2n) is 3.86. The first-order valence-electron chi connectivity index (χ1n) is 5.54. The maximum atomic E-state index is 13.6. The van der Waals surface area contributed by atoms with Gasteiger partial charge in [-0.25, -0.2) is 9.18 Å². The van der Waals surface area contributed by atoms with E-state index in [-0.39, 0.29) is 11.1 Å². The van der Waals surface area contributed by atoms with E-state index in [0.717, 1.165) is 0 Å². The lowest BCUT2D eigenvalue weighted by Gasteiger charge is -2.06. The molecule has 4 heteroatoms. The third kappa shape index (κ3) is 3.01. The summed E-state index contributed by atoms with van der Waals surface area (Å²) in [4.78, 5) is 11.3. The van der Waals surface area contributed by atoms with Gasteiger partial charge in [0.1, 0.15) is 5.82 Å². The van der Waals surface area contributed by atoms with E-state index in [1.54, 1.807) is 36.4 Å². The fourth-order valence-corrected chi connectivity index (χ4v) is 1.92. The van der Waals surface area contributed by atoms with Crippen molar-refractivity contribution in [3.8, 4) is 0 Å². The highest BCUT2D eigenvalue weighted by Gasteiger charge is 2.14. The number of benzene rings is 2. The number of hydrogen-bond donors (Lipinski definition) is 1. The summed E-state index contributed by atoms with van der Waals surface area (Å²) in [6.45, 7) is 0. The van der Waals surface area contributed by atoms with Crippen molar-refractivity contribution in [2.45, 2.75) is 0 Å². The van der Waals surface area contributed by atoms with Crippen molar-refractivity contribution in [1.29, 1.82) is 0 Å². The van der Waals surface area contributed by atoms with Gasteiger partial charge in [-0.1, -0.05) is 48.0 Å². The zero-order valence-electron chi connectivity index (χ0n) is 9.81. The van der Waals surface area contributed by atoms with Gasteiger partial charge in [0.2, 0.25) is 0 Å². The summed E-state index contributed by atoms with van der Waals surface area (Å²) in [5, 5.41) is 9.57. The van der Waals surface area contributed by atoms with Crippen molar-refractivity contribution < 1.29 is 14.3 Å². The van der Waals surface area contributed by atoms with Crippen molar-refractivity contribution in [1.82, 2.24) is 0 Å². The molecule has 0 aliphatic heterocycles. The molecule has 0 saturated carbocycles. The molecule has 0 aromatic heterocycles. The molecule has 0 bridgehead atoms. The summed E-state index contributed by atoms with van der Waals surface area (Å²) in [6.07, 6.45) is 1.28. The summed E-state index contributed by atoms with van der Waals surface area (Å²) >= 11 is 5.97. The van der Waals surface area contributed by atoms with Gasteiger partial charge in [0, 0.05) is 16.1 Å². The minimum absolute atomic E-state index is 0.0456. The zero-order valence-corrected chi connectivity index (χ0v) is 10.6. The van der Waals surface area contributed by atoms with Crippen molar-refractivity contribution in [3.05, 3.63) is 70.5 Å². The van der Waals surface area contributed by atoms with Gasteiger partial charge in [0.25, 0.3) is 0 Å². The van der Waals surface area contributed by atoms with Gasteiger partial charge in [0.05, 0.1) is 5.57 Å². The van der Waals surface area contributed by atoms with E-state index in [1.807, 2.05) is 0 Å². The van der Waals surface area contributed by atoms with Crippen LogP contribution in [0.15, 0.2) is 48.5 Å². The Morgan fingerprint density at radius 2 is 1.74 bits per heavy atom. The maximum absolute atomic E-state index is 13.6. The van der Waals surface area contributed by atoms with Crippen molar-refractivity contribution in [2.75, 3.05) is 0 Å². The van der Waals surface area contributed by atoms with E-state index in [4.69, 9.17) is 11.6 Å². The molecule has 2 aromatic carbocycles. The molecule has 2 nitrogen and oxygen atoms in total. The van der Waals surface area contributed by atoms with Gasteiger partial charge in [0.15, 0.2) is 0 Å². The first-order chi connectivity index (χ1) is 9.09. The lowest BCUT2D eigenvalue weighted by molar-refractivity contribution is -0.130. The molecular formula is C15H10ClFO2. The van der Waals surface area contributed by atoms with Crippen LogP contribution in [-0.2, 0) is 4.79 Å². The van der Waals surface area contributed by atoms with Gasteiger partial charge in [-0.15, -0.1) is 0 Å². The van der Waals surface area contributed by atoms with Crippen molar-refractivity contribution in [2.24, 2.45) is 0 Å². The average molecular weight is 277 g/mol. The summed E-state index contributed by atoms with van der Waals surface area (Å²) in [7, 11) is 0. The molecule has 19 heavy (non-hydrogen) atoms. The summed E-state index contributed by atoms with van der Waals surface area (Å²) in [5.41, 5.74) is 0.524. The minimum Gasteiger partial charge on any atom is -0.478 e. The Morgan fingerprint density at radius 3 is 2.37 bits per heavy atom. The monoisotopic (exact) mass is 276 g/mol. The summed E-state index contributed by atoms with van der Waals surface area (Å²) in [5.74, 6) is -1.63. The van der Waals surface area contributed by atoms with Gasteiger partial charge in [-0.05, 0) is 18.2 Å². The highest BCUT2D eigenvalue weighted by molar-refractivity contribution is 6.35. The number of hydrogen-bond acceptors (Lipinski definition) is 1. The van der Waals surface area contributed by atoms with Crippen LogP contribution in [0.2, 0.25) is 5.02 Å². The second-order valence-corrected chi connectivity index (χ2v) is 4.27. The number of aliphatic carboxylic acids is 1. The van der Waals surface area contributed by atoms with Crippen molar-refractivity contribution >= 4 is 29.2 Å². The topological polar surface area (TPSA) is 37.3 Å². The third-order valence-electron chi connectivity index (χ3n) is 2.60. The van der Waals surface area contributed by atoms with Crippen LogP contribution in [-0.4, -0.2) is 11.1 Å². The molecule has 0 aliphatic carbocycles. The first-order valence-corrected chi connectivity index (χ1v) is 5.92. The van der Waals surface area contributed by atoms with Crippen LogP contribution in [0, 0.1) is 5.82 Å². The van der Waals surface area contributed by atoms with Gasteiger partial charge < -0.3 is 5.11 Å². The van der Waals surface area contributed by atoms with Gasteiger partial charge in [-0.2, -0.15) is 0 Å². The highest BCUT2D eigenvalue weighted by Crippen LogP contribution is 2.26. The van der Waals surface area contributed by atoms with Crippen LogP contribution >= 0.6 is 11.6 Å². The highest BCUT2D eigenvalue weighted by atomic mass is 35.5. The largest absolute Gasteiger partial charge is 0.478 e. The van der Waals surface area contributed by atoms with Crippen LogP contribution < -0.4 is 0 Å². The van der Waals surface area contributed by atoms with Crippen LogP contribution in [0.1, 0.15) is 11.1 Å². The summed E-state index contributed by atoms with van der Waals surface area (Å²) in [6, 6.07) is 12.5. The molecule has 0 amide bonds. The number of halogens is 2. The molecule has 1 N–H and O–H groups in total. The van der Waals surface area contributed by atoms with E-state index >= 15 is 0 Å². The number of carboxylic acids is 1. The normalized spacial score (nSPS) is 11.4. The number of rotatable bonds is 3. The second kappa shape index (κ2) is 5.67. The van der Waals surface area contributed by atoms with Crippen LogP contribution in [0.5, 0.6) is 0 Å². The maximum Gasteiger partial charge on any atom is 0.336 e. The molecule has 0 fully saturated rings. The van der Waals surface area contributed by atoms with E-state index in [2.05, 4.69) is 0 Å². The zero-order chi connectivity index (χ0) is 13.8. The number of carboxylic acid groups (broad SMARTS) is 1. The minimum atomic E-state index is -1.16. The lowest BCUT2D eigenvalue weighted by atomic mass is 10.0. The van der Waals surface area contributed by atoms with E-state index < -0.39 is 11.8 Å². The Hall–Kier alpha value is -2.13. The fourth-order valence-electron chi connectivity index (χ4n) is 1.68. The predicted molar refractivity (Wildman–Crippen MR) is 73.4 cm³/mol. The Kier molecular flexibility index (Phi) is 3.97. The molecular weight excluding hydrogens is 267 g/mol. The molecule has 2 rings (SSSR count). The molecule has 0 spiro atoms. The molecule has 0 unspecified atom stereocenters. The van der Waals surface area contributed by atoms with E-state index in [0.29, 0.717) is 10.6 Å². The third-order valence-corrected chi connectivity index (χ3v) is 2.93. The smallest absolute Gasteiger partial charge is 0.336 e.